The zero-order chi connectivity index (χ0) is 15.2. The van der Waals surface area contributed by atoms with Crippen molar-refractivity contribution in [1.29, 1.82) is 0 Å². The van der Waals surface area contributed by atoms with Crippen LogP contribution >= 0.6 is 0 Å². The van der Waals surface area contributed by atoms with Gasteiger partial charge in [-0.15, -0.1) is 0 Å². The third kappa shape index (κ3) is 5.41. The highest BCUT2D eigenvalue weighted by atomic mass is 16.5. The van der Waals surface area contributed by atoms with E-state index in [2.05, 4.69) is 19.2 Å². The number of hydrogen-bond donors (Lipinski definition) is 2. The van der Waals surface area contributed by atoms with E-state index in [-0.39, 0.29) is 24.0 Å². The van der Waals surface area contributed by atoms with Crippen molar-refractivity contribution in [1.82, 2.24) is 5.32 Å². The smallest absolute Gasteiger partial charge is 0.223 e. The highest BCUT2D eigenvalue weighted by Gasteiger charge is 2.31. The second kappa shape index (κ2) is 7.99. The van der Waals surface area contributed by atoms with Crippen molar-refractivity contribution in [3.05, 3.63) is 0 Å². The van der Waals surface area contributed by atoms with Gasteiger partial charge in [-0.25, -0.2) is 0 Å². The van der Waals surface area contributed by atoms with Crippen molar-refractivity contribution in [3.8, 4) is 0 Å². The van der Waals surface area contributed by atoms with Crippen molar-refractivity contribution in [2.24, 2.45) is 5.92 Å². The summed E-state index contributed by atoms with van der Waals surface area (Å²) >= 11 is 0. The SMILES string of the molecule is CCCC(O)(CCC)CNC(=O)C1CC(C)OC(C)C1. The van der Waals surface area contributed by atoms with Crippen LogP contribution in [0.15, 0.2) is 0 Å². The van der Waals surface area contributed by atoms with Crippen molar-refractivity contribution < 1.29 is 14.6 Å². The van der Waals surface area contributed by atoms with Gasteiger partial charge in [-0.1, -0.05) is 26.7 Å². The van der Waals surface area contributed by atoms with Crippen LogP contribution in [0.2, 0.25) is 0 Å². The van der Waals surface area contributed by atoms with Crippen LogP contribution < -0.4 is 5.32 Å². The molecule has 1 saturated heterocycles. The van der Waals surface area contributed by atoms with Crippen molar-refractivity contribution in [2.45, 2.75) is 84.0 Å². The summed E-state index contributed by atoms with van der Waals surface area (Å²) in [5.41, 5.74) is -0.748. The van der Waals surface area contributed by atoms with E-state index in [1.807, 2.05) is 13.8 Å². The van der Waals surface area contributed by atoms with Gasteiger partial charge in [0.2, 0.25) is 5.91 Å². The van der Waals surface area contributed by atoms with Crippen LogP contribution in [0.1, 0.15) is 66.2 Å². The fraction of sp³-hybridized carbons (Fsp3) is 0.938. The molecular weight excluding hydrogens is 254 g/mol. The number of carbonyl (C=O) groups excluding carboxylic acids is 1. The maximum atomic E-state index is 12.3. The Morgan fingerprint density at radius 3 is 2.15 bits per heavy atom. The predicted octanol–water partition coefficient (Wildman–Crippen LogP) is 2.64. The Kier molecular flexibility index (Phi) is 6.96. The molecule has 1 heterocycles. The van der Waals surface area contributed by atoms with Crippen LogP contribution in [0.3, 0.4) is 0 Å². The molecule has 0 aromatic heterocycles. The minimum Gasteiger partial charge on any atom is -0.388 e. The van der Waals surface area contributed by atoms with Crippen LogP contribution in [0.5, 0.6) is 0 Å². The minimum absolute atomic E-state index is 0.0150. The van der Waals surface area contributed by atoms with Crippen LogP contribution in [0, 0.1) is 5.92 Å². The Morgan fingerprint density at radius 2 is 1.70 bits per heavy atom. The number of rotatable bonds is 7. The molecule has 20 heavy (non-hydrogen) atoms. The van der Waals surface area contributed by atoms with Gasteiger partial charge in [0.25, 0.3) is 0 Å². The Hall–Kier alpha value is -0.610. The van der Waals surface area contributed by atoms with Gasteiger partial charge in [0, 0.05) is 12.5 Å². The Morgan fingerprint density at radius 1 is 1.20 bits per heavy atom. The molecular formula is C16H31NO3. The van der Waals surface area contributed by atoms with Crippen molar-refractivity contribution in [3.63, 3.8) is 0 Å². The van der Waals surface area contributed by atoms with Crippen LogP contribution in [0.25, 0.3) is 0 Å². The highest BCUT2D eigenvalue weighted by Crippen LogP contribution is 2.25. The number of nitrogens with one attached hydrogen (secondary N) is 1. The van der Waals surface area contributed by atoms with Crippen molar-refractivity contribution >= 4 is 5.91 Å². The molecule has 0 aromatic rings. The molecule has 118 valence electrons. The molecule has 1 aliphatic rings. The molecule has 4 nitrogen and oxygen atoms in total. The van der Waals surface area contributed by atoms with E-state index < -0.39 is 5.60 Å². The Balaban J connectivity index is 2.48. The third-order valence-electron chi connectivity index (χ3n) is 4.09. The van der Waals surface area contributed by atoms with E-state index in [1.54, 1.807) is 0 Å². The number of amides is 1. The summed E-state index contributed by atoms with van der Waals surface area (Å²) in [7, 11) is 0. The monoisotopic (exact) mass is 285 g/mol. The second-order valence-corrected chi connectivity index (χ2v) is 6.37. The zero-order valence-corrected chi connectivity index (χ0v) is 13.4. The molecule has 2 unspecified atom stereocenters. The minimum atomic E-state index is -0.748. The van der Waals surface area contributed by atoms with Gasteiger partial charge < -0.3 is 15.2 Å². The molecule has 0 radical (unpaired) electrons. The lowest BCUT2D eigenvalue weighted by Gasteiger charge is -2.33. The quantitative estimate of drug-likeness (QED) is 0.756. The van der Waals surface area contributed by atoms with E-state index in [4.69, 9.17) is 4.74 Å². The lowest BCUT2D eigenvalue weighted by molar-refractivity contribution is -0.134. The average molecular weight is 285 g/mol. The number of carbonyl (C=O) groups is 1. The summed E-state index contributed by atoms with van der Waals surface area (Å²) in [6.07, 6.45) is 5.16. The summed E-state index contributed by atoms with van der Waals surface area (Å²) in [6, 6.07) is 0. The number of ether oxygens (including phenoxy) is 1. The molecule has 0 saturated carbocycles. The van der Waals surface area contributed by atoms with Crippen LogP contribution in [-0.2, 0) is 9.53 Å². The first-order valence-corrected chi connectivity index (χ1v) is 8.05. The van der Waals surface area contributed by atoms with E-state index >= 15 is 0 Å². The molecule has 1 amide bonds. The Bertz CT molecular complexity index is 290. The highest BCUT2D eigenvalue weighted by molar-refractivity contribution is 5.78. The summed E-state index contributed by atoms with van der Waals surface area (Å²) < 4.78 is 5.66. The molecule has 2 N–H and O–H groups in total. The Labute approximate surface area is 123 Å². The first kappa shape index (κ1) is 17.4. The van der Waals surface area contributed by atoms with Gasteiger partial charge in [0.15, 0.2) is 0 Å². The van der Waals surface area contributed by atoms with Gasteiger partial charge in [-0.2, -0.15) is 0 Å². The molecule has 4 heteroatoms. The zero-order valence-electron chi connectivity index (χ0n) is 13.4. The van der Waals surface area contributed by atoms with E-state index in [0.717, 1.165) is 38.5 Å². The van der Waals surface area contributed by atoms with E-state index in [0.29, 0.717) is 6.54 Å². The largest absolute Gasteiger partial charge is 0.388 e. The fourth-order valence-electron chi connectivity index (χ4n) is 3.25. The summed E-state index contributed by atoms with van der Waals surface area (Å²) in [5.74, 6) is 0.0823. The molecule has 0 spiro atoms. The molecule has 1 fully saturated rings. The van der Waals surface area contributed by atoms with Gasteiger partial charge in [-0.3, -0.25) is 4.79 Å². The second-order valence-electron chi connectivity index (χ2n) is 6.37. The van der Waals surface area contributed by atoms with E-state index in [1.165, 1.54) is 0 Å². The number of hydrogen-bond acceptors (Lipinski definition) is 3. The number of aliphatic hydroxyl groups is 1. The molecule has 0 aromatic carbocycles. The fourth-order valence-corrected chi connectivity index (χ4v) is 3.25. The molecule has 0 bridgehead atoms. The molecule has 2 atom stereocenters. The normalized spacial score (nSPS) is 27.4. The van der Waals surface area contributed by atoms with Gasteiger partial charge in [0.1, 0.15) is 0 Å². The predicted molar refractivity (Wildman–Crippen MR) is 80.5 cm³/mol. The lowest BCUT2D eigenvalue weighted by atomic mass is 9.90. The third-order valence-corrected chi connectivity index (χ3v) is 4.09. The summed E-state index contributed by atoms with van der Waals surface area (Å²) in [4.78, 5) is 12.3. The van der Waals surface area contributed by atoms with Crippen molar-refractivity contribution in [2.75, 3.05) is 6.54 Å². The van der Waals surface area contributed by atoms with E-state index in [9.17, 15) is 9.90 Å². The maximum Gasteiger partial charge on any atom is 0.223 e. The molecule has 0 aliphatic carbocycles. The van der Waals surface area contributed by atoms with Gasteiger partial charge in [0.05, 0.1) is 17.8 Å². The first-order valence-electron chi connectivity index (χ1n) is 8.05. The molecule has 1 rings (SSSR count). The maximum absolute atomic E-state index is 12.3. The van der Waals surface area contributed by atoms with Crippen LogP contribution in [-0.4, -0.2) is 35.4 Å². The standard InChI is InChI=1S/C16H31NO3/c1-5-7-16(19,8-6-2)11-17-15(18)14-9-12(3)20-13(4)10-14/h12-14,19H,5-11H2,1-4H3,(H,17,18). The topological polar surface area (TPSA) is 58.6 Å². The average Bonchev–Trinajstić information content (AvgIpc) is 2.35. The molecule has 1 aliphatic heterocycles. The summed E-state index contributed by atoms with van der Waals surface area (Å²) in [6.45, 7) is 8.52. The first-order chi connectivity index (χ1) is 9.40. The van der Waals surface area contributed by atoms with Gasteiger partial charge in [-0.05, 0) is 39.5 Å². The lowest BCUT2D eigenvalue weighted by Crippen LogP contribution is -2.46. The summed E-state index contributed by atoms with van der Waals surface area (Å²) in [5, 5.41) is 13.5. The van der Waals surface area contributed by atoms with Crippen LogP contribution in [0.4, 0.5) is 0 Å². The van der Waals surface area contributed by atoms with Gasteiger partial charge >= 0.3 is 0 Å².